The first-order chi connectivity index (χ1) is 3.98. The molecule has 0 heterocycles. The summed E-state index contributed by atoms with van der Waals surface area (Å²) in [4.78, 5) is 0. The van der Waals surface area contributed by atoms with Crippen LogP contribution < -0.4 is 0 Å². The molecule has 0 atom stereocenters. The first kappa shape index (κ1) is 8.74. The largest absolute Gasteiger partial charge is 0.131 e. The molecule has 0 bridgehead atoms. The summed E-state index contributed by atoms with van der Waals surface area (Å²) in [5, 5.41) is 1.45. The van der Waals surface area contributed by atoms with Gasteiger partial charge in [-0.3, -0.25) is 0 Å². The molecule has 0 spiro atoms. The molecule has 0 aromatic rings. The normalized spacial score (nSPS) is 10.3. The second kappa shape index (κ2) is 3.05. The third-order valence-electron chi connectivity index (χ3n) is 1.49. The Morgan fingerprint density at radius 3 is 1.89 bits per heavy atom. The lowest BCUT2D eigenvalue weighted by Crippen LogP contribution is -2.21. The van der Waals surface area contributed by atoms with Crippen LogP contribution in [-0.4, -0.2) is 8.07 Å². The van der Waals surface area contributed by atoms with Gasteiger partial charge >= 0.3 is 0 Å². The number of rotatable bonds is 1. The minimum atomic E-state index is -1.01. The van der Waals surface area contributed by atoms with Crippen LogP contribution in [0.1, 0.15) is 13.8 Å². The summed E-state index contributed by atoms with van der Waals surface area (Å²) in [6.45, 7) is 11.2. The monoisotopic (exact) mass is 140 g/mol. The third kappa shape index (κ3) is 3.34. The van der Waals surface area contributed by atoms with Gasteiger partial charge in [0.2, 0.25) is 0 Å². The Bertz CT molecular complexity index is 142. The summed E-state index contributed by atoms with van der Waals surface area (Å²) in [6.07, 6.45) is 1.99. The molecular formula is C8H16Si. The number of hydrogen-bond donors (Lipinski definition) is 0. The van der Waals surface area contributed by atoms with Gasteiger partial charge in [-0.15, -0.1) is 5.73 Å². The van der Waals surface area contributed by atoms with Crippen LogP contribution in [0.2, 0.25) is 19.6 Å². The molecule has 0 amide bonds. The van der Waals surface area contributed by atoms with Crippen LogP contribution in [0.15, 0.2) is 17.0 Å². The highest BCUT2D eigenvalue weighted by Crippen LogP contribution is 2.10. The molecule has 0 aromatic heterocycles. The van der Waals surface area contributed by atoms with Crippen LogP contribution in [0.3, 0.4) is 0 Å². The van der Waals surface area contributed by atoms with Crippen LogP contribution in [-0.2, 0) is 0 Å². The molecule has 9 heavy (non-hydrogen) atoms. The molecule has 1 heteroatoms. The Hall–Kier alpha value is -0.263. The van der Waals surface area contributed by atoms with Gasteiger partial charge in [-0.25, -0.2) is 0 Å². The first-order valence-electron chi connectivity index (χ1n) is 3.37. The lowest BCUT2D eigenvalue weighted by molar-refractivity contribution is 1.53. The molecule has 0 saturated heterocycles. The lowest BCUT2D eigenvalue weighted by atomic mass is 10.6. The van der Waals surface area contributed by atoms with Gasteiger partial charge in [0.1, 0.15) is 0 Å². The Kier molecular flexibility index (Phi) is 2.96. The Labute approximate surface area is 59.3 Å². The zero-order valence-electron chi connectivity index (χ0n) is 7.08. The van der Waals surface area contributed by atoms with E-state index in [1.165, 1.54) is 5.20 Å². The van der Waals surface area contributed by atoms with Gasteiger partial charge in [-0.1, -0.05) is 19.6 Å². The van der Waals surface area contributed by atoms with Crippen molar-refractivity contribution in [2.75, 3.05) is 0 Å². The molecule has 0 aliphatic carbocycles. The van der Waals surface area contributed by atoms with Crippen molar-refractivity contribution in [3.05, 3.63) is 17.0 Å². The maximum atomic E-state index is 3.24. The van der Waals surface area contributed by atoms with Gasteiger partial charge in [-0.2, -0.15) is 0 Å². The molecule has 0 rings (SSSR count). The Morgan fingerprint density at radius 2 is 1.78 bits per heavy atom. The quantitative estimate of drug-likeness (QED) is 0.388. The van der Waals surface area contributed by atoms with Gasteiger partial charge in [-0.05, 0) is 25.1 Å². The van der Waals surface area contributed by atoms with Crippen molar-refractivity contribution in [3.8, 4) is 0 Å². The van der Waals surface area contributed by atoms with Crippen molar-refractivity contribution < 1.29 is 0 Å². The summed E-state index contributed by atoms with van der Waals surface area (Å²) in [7, 11) is -1.01. The van der Waals surface area contributed by atoms with Crippen molar-refractivity contribution in [1.82, 2.24) is 0 Å². The van der Waals surface area contributed by atoms with E-state index in [-0.39, 0.29) is 0 Å². The van der Waals surface area contributed by atoms with Crippen LogP contribution in [0, 0.1) is 0 Å². The van der Waals surface area contributed by atoms with Gasteiger partial charge in [0, 0.05) is 0 Å². The highest BCUT2D eigenvalue weighted by Gasteiger charge is 2.13. The highest BCUT2D eigenvalue weighted by molar-refractivity contribution is 6.82. The SMILES string of the molecule is CC=C=C(C)[Si](C)(C)C. The molecule has 0 aromatic carbocycles. The van der Waals surface area contributed by atoms with E-state index < -0.39 is 8.07 Å². The second-order valence-corrected chi connectivity index (χ2v) is 8.56. The van der Waals surface area contributed by atoms with Crippen LogP contribution in [0.5, 0.6) is 0 Å². The molecule has 0 radical (unpaired) electrons. The lowest BCUT2D eigenvalue weighted by Gasteiger charge is -2.13. The molecule has 0 aliphatic heterocycles. The average molecular weight is 140 g/mol. The van der Waals surface area contributed by atoms with Crippen molar-refractivity contribution >= 4 is 8.07 Å². The summed E-state index contributed by atoms with van der Waals surface area (Å²) >= 11 is 0. The van der Waals surface area contributed by atoms with Crippen LogP contribution in [0.4, 0.5) is 0 Å². The van der Waals surface area contributed by atoms with E-state index >= 15 is 0 Å². The zero-order valence-corrected chi connectivity index (χ0v) is 8.08. The molecule has 0 fully saturated rings. The van der Waals surface area contributed by atoms with Crippen molar-refractivity contribution in [2.45, 2.75) is 33.5 Å². The summed E-state index contributed by atoms with van der Waals surface area (Å²) in [5.74, 6) is 0. The van der Waals surface area contributed by atoms with Gasteiger partial charge in [0.15, 0.2) is 0 Å². The van der Waals surface area contributed by atoms with Crippen molar-refractivity contribution in [1.29, 1.82) is 0 Å². The summed E-state index contributed by atoms with van der Waals surface area (Å²) in [6, 6.07) is 0. The number of hydrogen-bond acceptors (Lipinski definition) is 0. The molecule has 52 valence electrons. The molecule has 0 N–H and O–H groups in total. The van der Waals surface area contributed by atoms with Gasteiger partial charge in [0.05, 0.1) is 8.07 Å². The van der Waals surface area contributed by atoms with E-state index in [4.69, 9.17) is 0 Å². The predicted octanol–water partition coefficient (Wildman–Crippen LogP) is 2.99. The van der Waals surface area contributed by atoms with Crippen LogP contribution in [0.25, 0.3) is 0 Å². The highest BCUT2D eigenvalue weighted by atomic mass is 28.3. The van der Waals surface area contributed by atoms with E-state index in [1.54, 1.807) is 0 Å². The van der Waals surface area contributed by atoms with Gasteiger partial charge < -0.3 is 0 Å². The van der Waals surface area contributed by atoms with E-state index in [1.807, 2.05) is 13.0 Å². The topological polar surface area (TPSA) is 0 Å². The molecular weight excluding hydrogens is 124 g/mol. The maximum absolute atomic E-state index is 3.24. The minimum Gasteiger partial charge on any atom is -0.131 e. The predicted molar refractivity (Wildman–Crippen MR) is 46.3 cm³/mol. The zero-order chi connectivity index (χ0) is 7.49. The molecule has 0 unspecified atom stereocenters. The van der Waals surface area contributed by atoms with Crippen molar-refractivity contribution in [2.24, 2.45) is 0 Å². The van der Waals surface area contributed by atoms with Crippen LogP contribution >= 0.6 is 0 Å². The molecule has 0 aliphatic rings. The van der Waals surface area contributed by atoms with E-state index in [2.05, 4.69) is 32.3 Å². The van der Waals surface area contributed by atoms with E-state index in [0.29, 0.717) is 0 Å². The molecule has 0 saturated carbocycles. The number of allylic oxidation sites excluding steroid dienone is 1. The minimum absolute atomic E-state index is 1.01. The fourth-order valence-corrected chi connectivity index (χ4v) is 1.01. The average Bonchev–Trinajstić information content (AvgIpc) is 1.64. The fourth-order valence-electron chi connectivity index (χ4n) is 0.433. The maximum Gasteiger partial charge on any atom is 0.0819 e. The van der Waals surface area contributed by atoms with Gasteiger partial charge in [0.25, 0.3) is 0 Å². The fraction of sp³-hybridized carbons (Fsp3) is 0.625. The third-order valence-corrected chi connectivity index (χ3v) is 3.88. The first-order valence-corrected chi connectivity index (χ1v) is 6.87. The van der Waals surface area contributed by atoms with E-state index in [0.717, 1.165) is 0 Å². The van der Waals surface area contributed by atoms with Crippen molar-refractivity contribution in [3.63, 3.8) is 0 Å². The Balaban J connectivity index is 4.40. The summed E-state index contributed by atoms with van der Waals surface area (Å²) in [5.41, 5.74) is 3.24. The molecule has 0 nitrogen and oxygen atoms in total. The van der Waals surface area contributed by atoms with E-state index in [9.17, 15) is 0 Å². The second-order valence-electron chi connectivity index (χ2n) is 3.31. The smallest absolute Gasteiger partial charge is 0.0819 e. The Morgan fingerprint density at radius 1 is 1.33 bits per heavy atom. The summed E-state index contributed by atoms with van der Waals surface area (Å²) < 4.78 is 0. The standard InChI is InChI=1S/C8H16Si/c1-6-7-8(2)9(3,4)5/h6H,1-5H3.